The number of nitrogens with zero attached hydrogens (tertiary/aromatic N) is 3. The second-order valence-electron chi connectivity index (χ2n) is 8.71. The highest BCUT2D eigenvalue weighted by molar-refractivity contribution is 9.10. The lowest BCUT2D eigenvalue weighted by Crippen LogP contribution is -2.00. The maximum atomic E-state index is 4.89. The third kappa shape index (κ3) is 5.11. The van der Waals surface area contributed by atoms with Gasteiger partial charge in [-0.1, -0.05) is 125 Å². The number of rotatable bonds is 5. The molecule has 3 nitrogen and oxygen atoms in total. The Morgan fingerprint density at radius 3 is 1.24 bits per heavy atom. The number of aromatic nitrogens is 3. The largest absolute Gasteiger partial charge is 0.208 e. The summed E-state index contributed by atoms with van der Waals surface area (Å²) in [7, 11) is 0. The lowest BCUT2D eigenvalue weighted by Gasteiger charge is -2.11. The Hall–Kier alpha value is -4.41. The molecule has 5 aromatic carbocycles. The minimum Gasteiger partial charge on any atom is -0.208 e. The van der Waals surface area contributed by atoms with Gasteiger partial charge in [0.15, 0.2) is 17.5 Å². The molecule has 0 unspecified atom stereocenters. The summed E-state index contributed by atoms with van der Waals surface area (Å²) in [5.74, 6) is 1.96. The monoisotopic (exact) mass is 539 g/mol. The van der Waals surface area contributed by atoms with Gasteiger partial charge in [-0.15, -0.1) is 0 Å². The van der Waals surface area contributed by atoms with Gasteiger partial charge in [0.25, 0.3) is 0 Å². The zero-order valence-electron chi connectivity index (χ0n) is 19.9. The van der Waals surface area contributed by atoms with Gasteiger partial charge in [0.05, 0.1) is 0 Å². The summed E-state index contributed by atoms with van der Waals surface area (Å²) in [4.78, 5) is 14.6. The molecule has 0 aliphatic rings. The zero-order valence-corrected chi connectivity index (χ0v) is 21.5. The van der Waals surface area contributed by atoms with Gasteiger partial charge in [-0.25, -0.2) is 15.0 Å². The van der Waals surface area contributed by atoms with Gasteiger partial charge in [0.1, 0.15) is 0 Å². The predicted octanol–water partition coefficient (Wildman–Crippen LogP) is 8.97. The Kier molecular flexibility index (Phi) is 6.40. The summed E-state index contributed by atoms with van der Waals surface area (Å²) in [5, 5.41) is 0. The maximum Gasteiger partial charge on any atom is 0.164 e. The molecule has 4 heteroatoms. The van der Waals surface area contributed by atoms with E-state index in [1.807, 2.05) is 66.7 Å². The van der Waals surface area contributed by atoms with E-state index in [2.05, 4.69) is 82.7 Å². The van der Waals surface area contributed by atoms with Crippen molar-refractivity contribution in [2.24, 2.45) is 0 Å². The quantitative estimate of drug-likeness (QED) is 0.219. The zero-order chi connectivity index (χ0) is 25.0. The van der Waals surface area contributed by atoms with Crippen LogP contribution in [0.4, 0.5) is 0 Å². The molecule has 0 saturated heterocycles. The van der Waals surface area contributed by atoms with E-state index in [9.17, 15) is 0 Å². The first kappa shape index (κ1) is 23.0. The summed E-state index contributed by atoms with van der Waals surface area (Å²) >= 11 is 3.71. The smallest absolute Gasteiger partial charge is 0.164 e. The Morgan fingerprint density at radius 2 is 0.703 bits per heavy atom. The van der Waals surface area contributed by atoms with Crippen molar-refractivity contribution in [2.75, 3.05) is 0 Å². The third-order valence-corrected chi connectivity index (χ3v) is 6.62. The molecule has 37 heavy (non-hydrogen) atoms. The van der Waals surface area contributed by atoms with Crippen molar-refractivity contribution in [2.45, 2.75) is 0 Å². The first-order valence-corrected chi connectivity index (χ1v) is 12.9. The number of hydrogen-bond donors (Lipinski definition) is 0. The van der Waals surface area contributed by atoms with Gasteiger partial charge in [-0.3, -0.25) is 0 Å². The minimum absolute atomic E-state index is 0.646. The van der Waals surface area contributed by atoms with E-state index < -0.39 is 0 Å². The topological polar surface area (TPSA) is 38.7 Å². The molecule has 0 bridgehead atoms. The molecule has 0 fully saturated rings. The standard InChI is InChI=1S/C33H22BrN3/c34-30-21-28(23-11-4-1-5-12-23)20-29(22-30)26-17-10-18-27(19-26)33-36-31(24-13-6-2-7-14-24)35-32(37-33)25-15-8-3-9-16-25/h1-22H. The molecule has 0 aliphatic carbocycles. The van der Waals surface area contributed by atoms with Crippen LogP contribution in [-0.2, 0) is 0 Å². The van der Waals surface area contributed by atoms with Crippen molar-refractivity contribution in [1.29, 1.82) is 0 Å². The summed E-state index contributed by atoms with van der Waals surface area (Å²) < 4.78 is 1.03. The van der Waals surface area contributed by atoms with E-state index >= 15 is 0 Å². The molecule has 1 heterocycles. The molecular weight excluding hydrogens is 518 g/mol. The van der Waals surface area contributed by atoms with E-state index in [-0.39, 0.29) is 0 Å². The van der Waals surface area contributed by atoms with Crippen molar-refractivity contribution in [3.8, 4) is 56.4 Å². The number of hydrogen-bond acceptors (Lipinski definition) is 3. The summed E-state index contributed by atoms with van der Waals surface area (Å²) in [6, 6.07) is 45.4. The Morgan fingerprint density at radius 1 is 0.324 bits per heavy atom. The van der Waals surface area contributed by atoms with Crippen molar-refractivity contribution < 1.29 is 0 Å². The summed E-state index contributed by atoms with van der Waals surface area (Å²) in [5.41, 5.74) is 7.41. The average Bonchev–Trinajstić information content (AvgIpc) is 2.98. The molecule has 0 saturated carbocycles. The fourth-order valence-corrected chi connectivity index (χ4v) is 4.82. The highest BCUT2D eigenvalue weighted by Crippen LogP contribution is 2.33. The normalized spacial score (nSPS) is 10.8. The van der Waals surface area contributed by atoms with Crippen LogP contribution in [0, 0.1) is 0 Å². The van der Waals surface area contributed by atoms with E-state index in [4.69, 9.17) is 15.0 Å². The SMILES string of the molecule is Brc1cc(-c2ccccc2)cc(-c2cccc(-c3nc(-c4ccccc4)nc(-c4ccccc4)n3)c2)c1. The van der Waals surface area contributed by atoms with E-state index in [0.29, 0.717) is 17.5 Å². The number of halogens is 1. The highest BCUT2D eigenvalue weighted by atomic mass is 79.9. The first-order valence-electron chi connectivity index (χ1n) is 12.1. The molecule has 0 spiro atoms. The number of benzene rings is 5. The third-order valence-electron chi connectivity index (χ3n) is 6.16. The first-order chi connectivity index (χ1) is 18.2. The maximum absolute atomic E-state index is 4.89. The van der Waals surface area contributed by atoms with Crippen LogP contribution in [0.3, 0.4) is 0 Å². The Balaban J connectivity index is 1.47. The molecule has 1 aromatic heterocycles. The molecule has 6 rings (SSSR count). The van der Waals surface area contributed by atoms with Crippen molar-refractivity contribution in [3.63, 3.8) is 0 Å². The van der Waals surface area contributed by atoms with Crippen LogP contribution in [0.1, 0.15) is 0 Å². The van der Waals surface area contributed by atoms with Crippen LogP contribution in [0.25, 0.3) is 56.4 Å². The van der Waals surface area contributed by atoms with E-state index in [1.165, 1.54) is 5.56 Å². The second-order valence-corrected chi connectivity index (χ2v) is 9.63. The highest BCUT2D eigenvalue weighted by Gasteiger charge is 2.13. The lowest BCUT2D eigenvalue weighted by molar-refractivity contribution is 1.07. The fourth-order valence-electron chi connectivity index (χ4n) is 4.33. The molecular formula is C33H22BrN3. The van der Waals surface area contributed by atoms with Gasteiger partial charge in [0.2, 0.25) is 0 Å². The lowest BCUT2D eigenvalue weighted by atomic mass is 9.98. The molecule has 176 valence electrons. The van der Waals surface area contributed by atoms with Gasteiger partial charge >= 0.3 is 0 Å². The predicted molar refractivity (Wildman–Crippen MR) is 155 cm³/mol. The van der Waals surface area contributed by atoms with Gasteiger partial charge in [-0.05, 0) is 46.5 Å². The molecule has 6 aromatic rings. The minimum atomic E-state index is 0.646. The van der Waals surface area contributed by atoms with E-state index in [0.717, 1.165) is 37.9 Å². The van der Waals surface area contributed by atoms with Crippen molar-refractivity contribution >= 4 is 15.9 Å². The Bertz CT molecular complexity index is 1610. The van der Waals surface area contributed by atoms with E-state index in [1.54, 1.807) is 0 Å². The van der Waals surface area contributed by atoms with Crippen LogP contribution in [0.5, 0.6) is 0 Å². The second kappa shape index (κ2) is 10.3. The molecule has 0 N–H and O–H groups in total. The van der Waals surface area contributed by atoms with Gasteiger partial charge in [-0.2, -0.15) is 0 Å². The van der Waals surface area contributed by atoms with Crippen LogP contribution in [0.2, 0.25) is 0 Å². The van der Waals surface area contributed by atoms with Crippen molar-refractivity contribution in [1.82, 2.24) is 15.0 Å². The van der Waals surface area contributed by atoms with Crippen LogP contribution < -0.4 is 0 Å². The fraction of sp³-hybridized carbons (Fsp3) is 0. The average molecular weight is 540 g/mol. The molecule has 0 atom stereocenters. The van der Waals surface area contributed by atoms with Crippen molar-refractivity contribution in [3.05, 3.63) is 138 Å². The van der Waals surface area contributed by atoms with Crippen LogP contribution >= 0.6 is 15.9 Å². The van der Waals surface area contributed by atoms with Gasteiger partial charge < -0.3 is 0 Å². The van der Waals surface area contributed by atoms with Gasteiger partial charge in [0, 0.05) is 21.2 Å². The Labute approximate surface area is 224 Å². The van der Waals surface area contributed by atoms with Crippen LogP contribution in [0.15, 0.2) is 138 Å². The summed E-state index contributed by atoms with van der Waals surface area (Å²) in [6.45, 7) is 0. The molecule has 0 aliphatic heterocycles. The molecule has 0 radical (unpaired) electrons. The van der Waals surface area contributed by atoms with Crippen LogP contribution in [-0.4, -0.2) is 15.0 Å². The molecule has 0 amide bonds. The summed E-state index contributed by atoms with van der Waals surface area (Å²) in [6.07, 6.45) is 0.